The highest BCUT2D eigenvalue weighted by molar-refractivity contribution is 8.00. The molecule has 0 saturated carbocycles. The molecule has 114 valence electrons. The van der Waals surface area contributed by atoms with Gasteiger partial charge in [0, 0.05) is 18.0 Å². The summed E-state index contributed by atoms with van der Waals surface area (Å²) in [5.74, 6) is 0.679. The molecule has 1 saturated heterocycles. The summed E-state index contributed by atoms with van der Waals surface area (Å²) in [6.07, 6.45) is 1.97. The summed E-state index contributed by atoms with van der Waals surface area (Å²) in [7, 11) is -3.47. The molecule has 1 aromatic rings. The van der Waals surface area contributed by atoms with Crippen molar-refractivity contribution >= 4 is 33.4 Å². The zero-order valence-corrected chi connectivity index (χ0v) is 13.5. The minimum atomic E-state index is -3.47. The van der Waals surface area contributed by atoms with E-state index in [4.69, 9.17) is 0 Å². The van der Waals surface area contributed by atoms with Crippen molar-refractivity contribution in [2.75, 3.05) is 24.2 Å². The molecule has 1 aromatic carbocycles. The van der Waals surface area contributed by atoms with Gasteiger partial charge in [0.05, 0.1) is 16.3 Å². The minimum absolute atomic E-state index is 0.0892. The standard InChI is InChI=1S/C14H18N2O3S2/c1-10-3-2-6-16(8-10)21(18,19)11-4-5-13-12(7-11)15-14(17)9-20-13/h4-5,7,10H,2-3,6,8-9H2,1H3,(H,15,17). The Balaban J connectivity index is 1.92. The lowest BCUT2D eigenvalue weighted by Gasteiger charge is -2.30. The highest BCUT2D eigenvalue weighted by Crippen LogP contribution is 2.34. The Bertz CT molecular complexity index is 673. The summed E-state index contributed by atoms with van der Waals surface area (Å²) in [4.78, 5) is 12.6. The van der Waals surface area contributed by atoms with E-state index in [2.05, 4.69) is 12.2 Å². The van der Waals surface area contributed by atoms with Crippen LogP contribution in [0.5, 0.6) is 0 Å². The van der Waals surface area contributed by atoms with Crippen LogP contribution in [0.15, 0.2) is 28.0 Å². The fourth-order valence-electron chi connectivity index (χ4n) is 2.74. The molecule has 1 N–H and O–H groups in total. The molecule has 1 fully saturated rings. The number of thioether (sulfide) groups is 1. The van der Waals surface area contributed by atoms with E-state index in [1.54, 1.807) is 22.5 Å². The summed E-state index contributed by atoms with van der Waals surface area (Å²) in [6, 6.07) is 4.99. The molecule has 5 nitrogen and oxygen atoms in total. The Labute approximate surface area is 129 Å². The Morgan fingerprint density at radius 3 is 2.95 bits per heavy atom. The smallest absolute Gasteiger partial charge is 0.243 e. The van der Waals surface area contributed by atoms with Crippen LogP contribution < -0.4 is 5.32 Å². The summed E-state index contributed by atoms with van der Waals surface area (Å²) in [6.45, 7) is 3.22. The van der Waals surface area contributed by atoms with Crippen LogP contribution in [-0.4, -0.2) is 37.5 Å². The molecule has 2 heterocycles. The number of carbonyl (C=O) groups excluding carboxylic acids is 1. The fourth-order valence-corrected chi connectivity index (χ4v) is 5.15. The quantitative estimate of drug-likeness (QED) is 0.904. The van der Waals surface area contributed by atoms with Gasteiger partial charge >= 0.3 is 0 Å². The first-order chi connectivity index (χ1) is 9.96. The summed E-state index contributed by atoms with van der Waals surface area (Å²) < 4.78 is 27.0. The maximum atomic E-state index is 12.7. The predicted molar refractivity (Wildman–Crippen MR) is 83.0 cm³/mol. The van der Waals surface area contributed by atoms with E-state index in [9.17, 15) is 13.2 Å². The van der Waals surface area contributed by atoms with Gasteiger partial charge in [-0.25, -0.2) is 8.42 Å². The van der Waals surface area contributed by atoms with Crippen molar-refractivity contribution in [1.29, 1.82) is 0 Å². The molecule has 0 aliphatic carbocycles. The normalized spacial score (nSPS) is 23.5. The van der Waals surface area contributed by atoms with Gasteiger partial charge in [-0.15, -0.1) is 11.8 Å². The second-order valence-corrected chi connectivity index (χ2v) is 8.56. The van der Waals surface area contributed by atoms with E-state index < -0.39 is 10.0 Å². The summed E-state index contributed by atoms with van der Waals surface area (Å²) in [5, 5.41) is 2.74. The van der Waals surface area contributed by atoms with Crippen molar-refractivity contribution in [1.82, 2.24) is 4.31 Å². The highest BCUT2D eigenvalue weighted by Gasteiger charge is 2.29. The van der Waals surface area contributed by atoms with Gasteiger partial charge in [0.1, 0.15) is 0 Å². The number of hydrogen-bond acceptors (Lipinski definition) is 4. The first-order valence-corrected chi connectivity index (χ1v) is 9.46. The third kappa shape index (κ3) is 2.95. The van der Waals surface area contributed by atoms with Gasteiger partial charge in [0.25, 0.3) is 0 Å². The Kier molecular flexibility index (Phi) is 3.98. The van der Waals surface area contributed by atoms with E-state index in [1.165, 1.54) is 11.8 Å². The largest absolute Gasteiger partial charge is 0.324 e. The maximum Gasteiger partial charge on any atom is 0.243 e. The van der Waals surface area contributed by atoms with Crippen LogP contribution in [0.2, 0.25) is 0 Å². The van der Waals surface area contributed by atoms with E-state index in [1.807, 2.05) is 0 Å². The number of sulfonamides is 1. The average molecular weight is 326 g/mol. The monoisotopic (exact) mass is 326 g/mol. The zero-order chi connectivity index (χ0) is 15.0. The van der Waals surface area contributed by atoms with Gasteiger partial charge < -0.3 is 5.32 Å². The molecule has 3 rings (SSSR count). The van der Waals surface area contributed by atoms with Crippen molar-refractivity contribution in [3.8, 4) is 0 Å². The van der Waals surface area contributed by atoms with Gasteiger partial charge in [-0.1, -0.05) is 6.92 Å². The molecule has 1 unspecified atom stereocenters. The molecule has 0 spiro atoms. The lowest BCUT2D eigenvalue weighted by atomic mass is 10.0. The van der Waals surface area contributed by atoms with E-state index >= 15 is 0 Å². The number of nitrogens with zero attached hydrogens (tertiary/aromatic N) is 1. The number of carbonyl (C=O) groups is 1. The number of amides is 1. The molecule has 1 atom stereocenters. The van der Waals surface area contributed by atoms with E-state index in [0.717, 1.165) is 17.7 Å². The van der Waals surface area contributed by atoms with Gasteiger partial charge in [-0.2, -0.15) is 4.31 Å². The van der Waals surface area contributed by atoms with E-state index in [0.29, 0.717) is 30.4 Å². The zero-order valence-electron chi connectivity index (χ0n) is 11.8. The molecular weight excluding hydrogens is 308 g/mol. The van der Waals surface area contributed by atoms with Crippen LogP contribution in [0.1, 0.15) is 19.8 Å². The average Bonchev–Trinajstić information content (AvgIpc) is 2.46. The number of anilines is 1. The van der Waals surface area contributed by atoms with Crippen LogP contribution in [0.4, 0.5) is 5.69 Å². The summed E-state index contributed by atoms with van der Waals surface area (Å²) in [5.41, 5.74) is 0.599. The predicted octanol–water partition coefficient (Wildman–Crippen LogP) is 2.15. The van der Waals surface area contributed by atoms with Crippen LogP contribution in [-0.2, 0) is 14.8 Å². The second-order valence-electron chi connectivity index (χ2n) is 5.61. The lowest BCUT2D eigenvalue weighted by molar-refractivity contribution is -0.113. The number of hydrogen-bond donors (Lipinski definition) is 1. The molecule has 0 aromatic heterocycles. The first kappa shape index (κ1) is 14.9. The van der Waals surface area contributed by atoms with Gasteiger partial charge in [0.15, 0.2) is 0 Å². The lowest BCUT2D eigenvalue weighted by Crippen LogP contribution is -2.39. The Hall–Kier alpha value is -1.05. The van der Waals surface area contributed by atoms with Crippen LogP contribution in [0, 0.1) is 5.92 Å². The Morgan fingerprint density at radius 1 is 1.38 bits per heavy atom. The minimum Gasteiger partial charge on any atom is -0.324 e. The second kappa shape index (κ2) is 5.62. The third-order valence-electron chi connectivity index (χ3n) is 3.84. The SMILES string of the molecule is CC1CCCN(S(=O)(=O)c2ccc3c(c2)NC(=O)CS3)C1. The highest BCUT2D eigenvalue weighted by atomic mass is 32.2. The number of nitrogens with one attached hydrogen (secondary N) is 1. The Morgan fingerprint density at radius 2 is 2.19 bits per heavy atom. The van der Waals surface area contributed by atoms with E-state index in [-0.39, 0.29) is 10.8 Å². The molecule has 7 heteroatoms. The summed E-state index contributed by atoms with van der Waals surface area (Å²) >= 11 is 1.43. The van der Waals surface area contributed by atoms with Crippen molar-refractivity contribution in [2.45, 2.75) is 29.6 Å². The van der Waals surface area contributed by atoms with Gasteiger partial charge in [-0.05, 0) is 37.0 Å². The van der Waals surface area contributed by atoms with Gasteiger partial charge in [-0.3, -0.25) is 4.79 Å². The molecule has 2 aliphatic heterocycles. The molecular formula is C14H18N2O3S2. The van der Waals surface area contributed by atoms with Crippen molar-refractivity contribution < 1.29 is 13.2 Å². The number of piperidine rings is 1. The maximum absolute atomic E-state index is 12.7. The van der Waals surface area contributed by atoms with Crippen LogP contribution in [0.25, 0.3) is 0 Å². The molecule has 21 heavy (non-hydrogen) atoms. The fraction of sp³-hybridized carbons (Fsp3) is 0.500. The molecule has 1 amide bonds. The van der Waals surface area contributed by atoms with Crippen molar-refractivity contribution in [3.63, 3.8) is 0 Å². The number of rotatable bonds is 2. The molecule has 0 bridgehead atoms. The molecule has 2 aliphatic rings. The van der Waals surface area contributed by atoms with Crippen LogP contribution in [0.3, 0.4) is 0 Å². The van der Waals surface area contributed by atoms with Crippen molar-refractivity contribution in [2.24, 2.45) is 5.92 Å². The molecule has 0 radical (unpaired) electrons. The van der Waals surface area contributed by atoms with Crippen LogP contribution >= 0.6 is 11.8 Å². The van der Waals surface area contributed by atoms with Crippen molar-refractivity contribution in [3.05, 3.63) is 18.2 Å². The topological polar surface area (TPSA) is 66.5 Å². The number of benzene rings is 1. The first-order valence-electron chi connectivity index (χ1n) is 7.03. The number of fused-ring (bicyclic) bond motifs is 1. The van der Waals surface area contributed by atoms with Gasteiger partial charge in [0.2, 0.25) is 15.9 Å². The third-order valence-corrected chi connectivity index (χ3v) is 6.78.